The van der Waals surface area contributed by atoms with Crippen molar-refractivity contribution in [1.29, 1.82) is 0 Å². The monoisotopic (exact) mass is 276 g/mol. The van der Waals surface area contributed by atoms with Crippen LogP contribution in [-0.2, 0) is 0 Å². The number of alkyl halides is 1. The van der Waals surface area contributed by atoms with Crippen LogP contribution in [0.1, 0.15) is 14.6 Å². The first-order chi connectivity index (χ1) is 6.29. The Balaban J connectivity index is 2.33. The van der Waals surface area contributed by atoms with Crippen molar-refractivity contribution in [3.63, 3.8) is 0 Å². The molecule has 0 aliphatic carbocycles. The van der Waals surface area contributed by atoms with Crippen molar-refractivity contribution in [1.82, 2.24) is 0 Å². The summed E-state index contributed by atoms with van der Waals surface area (Å²) in [4.78, 5) is 1.90. The largest absolute Gasteiger partial charge is 0.206 e. The Kier molecular flexibility index (Phi) is 2.81. The highest BCUT2D eigenvalue weighted by Crippen LogP contribution is 2.37. The van der Waals surface area contributed by atoms with Crippen LogP contribution in [0.2, 0.25) is 0 Å². The SMILES string of the molecule is Fc1ccsc1C(Br)c1cccs1. The zero-order valence-corrected chi connectivity index (χ0v) is 9.76. The van der Waals surface area contributed by atoms with Crippen LogP contribution in [0.15, 0.2) is 29.0 Å². The molecule has 0 bridgehead atoms. The fraction of sp³-hybridized carbons (Fsp3) is 0.111. The van der Waals surface area contributed by atoms with Crippen molar-refractivity contribution < 1.29 is 4.39 Å². The molecule has 0 fully saturated rings. The minimum Gasteiger partial charge on any atom is -0.206 e. The van der Waals surface area contributed by atoms with Crippen molar-refractivity contribution in [2.75, 3.05) is 0 Å². The second kappa shape index (κ2) is 3.90. The smallest absolute Gasteiger partial charge is 0.138 e. The molecule has 4 heteroatoms. The first-order valence-corrected chi connectivity index (χ1v) is 6.37. The van der Waals surface area contributed by atoms with Crippen molar-refractivity contribution in [3.8, 4) is 0 Å². The molecule has 2 aromatic heterocycles. The average Bonchev–Trinajstić information content (AvgIpc) is 2.72. The van der Waals surface area contributed by atoms with E-state index in [1.165, 1.54) is 17.4 Å². The van der Waals surface area contributed by atoms with Crippen LogP contribution in [0.3, 0.4) is 0 Å². The van der Waals surface area contributed by atoms with Gasteiger partial charge < -0.3 is 0 Å². The normalized spacial score (nSPS) is 13.1. The Morgan fingerprint density at radius 2 is 2.08 bits per heavy atom. The molecule has 2 rings (SSSR count). The van der Waals surface area contributed by atoms with Crippen LogP contribution >= 0.6 is 38.6 Å². The van der Waals surface area contributed by atoms with E-state index < -0.39 is 0 Å². The van der Waals surface area contributed by atoms with E-state index in [9.17, 15) is 4.39 Å². The van der Waals surface area contributed by atoms with E-state index in [1.54, 1.807) is 16.7 Å². The van der Waals surface area contributed by atoms with Gasteiger partial charge in [-0.25, -0.2) is 4.39 Å². The van der Waals surface area contributed by atoms with Crippen molar-refractivity contribution >= 4 is 38.6 Å². The molecule has 2 heterocycles. The lowest BCUT2D eigenvalue weighted by molar-refractivity contribution is 0.622. The first-order valence-electron chi connectivity index (χ1n) is 3.69. The van der Waals surface area contributed by atoms with Gasteiger partial charge in [0.1, 0.15) is 5.82 Å². The van der Waals surface area contributed by atoms with Crippen LogP contribution in [0.5, 0.6) is 0 Å². The maximum atomic E-state index is 13.2. The lowest BCUT2D eigenvalue weighted by atomic mass is 10.3. The molecule has 1 atom stereocenters. The van der Waals surface area contributed by atoms with Gasteiger partial charge >= 0.3 is 0 Å². The predicted molar refractivity (Wildman–Crippen MR) is 59.4 cm³/mol. The fourth-order valence-electron chi connectivity index (χ4n) is 1.05. The average molecular weight is 277 g/mol. The molecule has 2 aromatic rings. The van der Waals surface area contributed by atoms with Gasteiger partial charge in [-0.2, -0.15) is 0 Å². The van der Waals surface area contributed by atoms with Gasteiger partial charge in [-0.3, -0.25) is 0 Å². The summed E-state index contributed by atoms with van der Waals surface area (Å²) in [6.45, 7) is 0. The minimum atomic E-state index is -0.125. The van der Waals surface area contributed by atoms with Gasteiger partial charge in [0.15, 0.2) is 0 Å². The van der Waals surface area contributed by atoms with Crippen molar-refractivity contribution in [2.45, 2.75) is 4.83 Å². The molecular formula is C9H6BrFS2. The summed E-state index contributed by atoms with van der Waals surface area (Å²) in [5.74, 6) is -0.125. The van der Waals surface area contributed by atoms with Gasteiger partial charge in [0.25, 0.3) is 0 Å². The van der Waals surface area contributed by atoms with Crippen LogP contribution in [-0.4, -0.2) is 0 Å². The molecule has 68 valence electrons. The summed E-state index contributed by atoms with van der Waals surface area (Å²) in [6.07, 6.45) is 0. The predicted octanol–water partition coefficient (Wildman–Crippen LogP) is 4.43. The van der Waals surface area contributed by atoms with Crippen LogP contribution in [0, 0.1) is 5.82 Å². The van der Waals surface area contributed by atoms with Crippen LogP contribution in [0.4, 0.5) is 4.39 Å². The second-order valence-electron chi connectivity index (χ2n) is 2.51. The van der Waals surface area contributed by atoms with E-state index >= 15 is 0 Å². The molecule has 0 N–H and O–H groups in total. The minimum absolute atomic E-state index is 0.00694. The lowest BCUT2D eigenvalue weighted by Gasteiger charge is -2.03. The standard InChI is InChI=1S/C9H6BrFS2/c10-8(7-2-1-4-12-7)9-6(11)3-5-13-9/h1-5,8H. The van der Waals surface area contributed by atoms with E-state index in [0.717, 1.165) is 9.75 Å². The third-order valence-corrected chi connectivity index (χ3v) is 5.12. The summed E-state index contributed by atoms with van der Waals surface area (Å²) in [7, 11) is 0. The highest BCUT2D eigenvalue weighted by atomic mass is 79.9. The number of thiophene rings is 2. The molecule has 0 saturated heterocycles. The van der Waals surface area contributed by atoms with Gasteiger partial charge in [0.2, 0.25) is 0 Å². The first kappa shape index (κ1) is 9.37. The third-order valence-electron chi connectivity index (χ3n) is 1.67. The molecule has 0 aliphatic heterocycles. The van der Waals surface area contributed by atoms with Gasteiger partial charge in [-0.15, -0.1) is 22.7 Å². The lowest BCUT2D eigenvalue weighted by Crippen LogP contribution is -1.87. The highest BCUT2D eigenvalue weighted by Gasteiger charge is 2.16. The molecule has 0 amide bonds. The van der Waals surface area contributed by atoms with Crippen molar-refractivity contribution in [3.05, 3.63) is 44.5 Å². The third kappa shape index (κ3) is 1.85. The molecular weight excluding hydrogens is 271 g/mol. The molecule has 0 spiro atoms. The number of hydrogen-bond donors (Lipinski definition) is 0. The van der Waals surface area contributed by atoms with Gasteiger partial charge in [0.05, 0.1) is 9.70 Å². The molecule has 0 aliphatic rings. The maximum absolute atomic E-state index is 13.2. The summed E-state index contributed by atoms with van der Waals surface area (Å²) >= 11 is 6.56. The Bertz CT molecular complexity index is 380. The molecule has 13 heavy (non-hydrogen) atoms. The second-order valence-corrected chi connectivity index (χ2v) is 5.35. The summed E-state index contributed by atoms with van der Waals surface area (Å²) in [5, 5.41) is 3.77. The molecule has 0 saturated carbocycles. The quantitative estimate of drug-likeness (QED) is 0.712. The topological polar surface area (TPSA) is 0 Å². The number of rotatable bonds is 2. The molecule has 1 unspecified atom stereocenters. The Hall–Kier alpha value is -0.190. The molecule has 0 nitrogen and oxygen atoms in total. The summed E-state index contributed by atoms with van der Waals surface area (Å²) < 4.78 is 13.2. The van der Waals surface area contributed by atoms with Crippen LogP contribution < -0.4 is 0 Å². The van der Waals surface area contributed by atoms with Crippen LogP contribution in [0.25, 0.3) is 0 Å². The maximum Gasteiger partial charge on any atom is 0.138 e. The van der Waals surface area contributed by atoms with E-state index in [4.69, 9.17) is 0 Å². The number of hydrogen-bond acceptors (Lipinski definition) is 2. The van der Waals surface area contributed by atoms with Gasteiger partial charge in [-0.05, 0) is 22.9 Å². The van der Waals surface area contributed by atoms with Gasteiger partial charge in [0, 0.05) is 4.88 Å². The fourth-order valence-corrected chi connectivity index (χ4v) is 3.61. The summed E-state index contributed by atoms with van der Waals surface area (Å²) in [5.41, 5.74) is 0. The number of halogens is 2. The van der Waals surface area contributed by atoms with E-state index in [1.807, 2.05) is 17.5 Å². The molecule has 0 radical (unpaired) electrons. The zero-order chi connectivity index (χ0) is 9.26. The molecule has 0 aromatic carbocycles. The van der Waals surface area contributed by atoms with E-state index in [-0.39, 0.29) is 10.6 Å². The van der Waals surface area contributed by atoms with E-state index in [0.29, 0.717) is 0 Å². The van der Waals surface area contributed by atoms with Gasteiger partial charge in [-0.1, -0.05) is 22.0 Å². The Labute approximate surface area is 92.2 Å². The van der Waals surface area contributed by atoms with E-state index in [2.05, 4.69) is 15.9 Å². The Morgan fingerprint density at radius 1 is 1.23 bits per heavy atom. The Morgan fingerprint density at radius 3 is 2.62 bits per heavy atom. The van der Waals surface area contributed by atoms with Crippen molar-refractivity contribution in [2.24, 2.45) is 0 Å². The summed E-state index contributed by atoms with van der Waals surface area (Å²) in [6, 6.07) is 5.48. The zero-order valence-electron chi connectivity index (χ0n) is 6.54. The highest BCUT2D eigenvalue weighted by molar-refractivity contribution is 9.09.